The van der Waals surface area contributed by atoms with E-state index >= 15 is 0 Å². The Labute approximate surface area is 373 Å². The van der Waals surface area contributed by atoms with Gasteiger partial charge in [-0.05, 0) is 100 Å². The molecule has 5 nitrogen and oxygen atoms in total. The van der Waals surface area contributed by atoms with Gasteiger partial charge in [0, 0.05) is 55.6 Å². The molecule has 2 aliphatic carbocycles. The molecule has 4 heterocycles. The van der Waals surface area contributed by atoms with E-state index in [4.69, 9.17) is 18.8 Å². The topological polar surface area (TPSA) is 57.0 Å². The number of aromatic nitrogens is 3. The molecule has 304 valence electrons. The number of hydrogen-bond acceptors (Lipinski definition) is 4. The molecule has 0 aliphatic heterocycles. The fraction of sp³-hybridized carbons (Fsp3) is 0.0333. The molecule has 14 rings (SSSR count). The molecule has 5 heteroatoms. The highest BCUT2D eigenvalue weighted by Gasteiger charge is 2.26. The molecule has 0 amide bonds. The van der Waals surface area contributed by atoms with Crippen LogP contribution in [0, 0.1) is 5.92 Å². The Balaban J connectivity index is 0.967. The molecule has 8 aromatic carbocycles. The van der Waals surface area contributed by atoms with Crippen LogP contribution < -0.4 is 0 Å². The zero-order valence-corrected chi connectivity index (χ0v) is 35.0. The molecule has 2 unspecified atom stereocenters. The molecule has 0 radical (unpaired) electrons. The fourth-order valence-corrected chi connectivity index (χ4v) is 10.5. The Morgan fingerprint density at radius 1 is 0.462 bits per heavy atom. The lowest BCUT2D eigenvalue weighted by molar-refractivity contribution is 0.667. The van der Waals surface area contributed by atoms with Crippen molar-refractivity contribution >= 4 is 71.9 Å². The maximum Gasteiger partial charge on any atom is 0.180 e. The van der Waals surface area contributed by atoms with E-state index in [-0.39, 0.29) is 0 Å². The van der Waals surface area contributed by atoms with Crippen LogP contribution in [0.25, 0.3) is 122 Å². The average Bonchev–Trinajstić information content (AvgIpc) is 4.05. The third-order valence-electron chi connectivity index (χ3n) is 13.6. The number of rotatable bonds is 5. The van der Waals surface area contributed by atoms with Crippen molar-refractivity contribution in [2.75, 3.05) is 0 Å². The summed E-state index contributed by atoms with van der Waals surface area (Å²) in [6.45, 7) is 0. The maximum absolute atomic E-state index is 6.76. The summed E-state index contributed by atoms with van der Waals surface area (Å²) in [5.74, 6) is 1.29. The number of benzene rings is 8. The van der Waals surface area contributed by atoms with E-state index in [0.29, 0.717) is 23.2 Å². The van der Waals surface area contributed by atoms with Crippen LogP contribution in [-0.2, 0) is 0 Å². The summed E-state index contributed by atoms with van der Waals surface area (Å²) in [6.07, 6.45) is 13.5. The lowest BCUT2D eigenvalue weighted by atomic mass is 9.77. The van der Waals surface area contributed by atoms with Gasteiger partial charge in [-0.2, -0.15) is 0 Å². The number of allylic oxidation sites excluding steroid dienone is 5. The highest BCUT2D eigenvalue weighted by molar-refractivity contribution is 6.15. The highest BCUT2D eigenvalue weighted by atomic mass is 16.3. The fourth-order valence-electron chi connectivity index (χ4n) is 10.5. The van der Waals surface area contributed by atoms with Gasteiger partial charge in [-0.25, -0.2) is 9.97 Å². The molecular formula is C60H37N3O2. The molecule has 0 saturated heterocycles. The zero-order valence-electron chi connectivity index (χ0n) is 35.0. The molecule has 2 aliphatic rings. The Bertz CT molecular complexity index is 4020. The second kappa shape index (κ2) is 14.0. The van der Waals surface area contributed by atoms with Crippen molar-refractivity contribution in [3.63, 3.8) is 0 Å². The SMILES string of the molecule is C1=CC2C=Cc3cc(-c4nc(-c5cccc6oc7ccc(-c8ccc9c(c8)c8ccccc8n9-c8ccccc8)cc7c56)nc5c4oc4ccc(-c6ccccc6)cc45)ccc3C2C=C1. The first-order valence-corrected chi connectivity index (χ1v) is 22.2. The molecule has 12 aromatic rings. The molecule has 65 heavy (non-hydrogen) atoms. The van der Waals surface area contributed by atoms with Crippen molar-refractivity contribution in [1.29, 1.82) is 0 Å². The highest BCUT2D eigenvalue weighted by Crippen LogP contribution is 2.44. The number of para-hydroxylation sites is 2. The molecular weight excluding hydrogens is 795 g/mol. The largest absolute Gasteiger partial charge is 0.456 e. The predicted molar refractivity (Wildman–Crippen MR) is 266 cm³/mol. The van der Waals surface area contributed by atoms with Gasteiger partial charge < -0.3 is 13.4 Å². The minimum atomic E-state index is 0.311. The van der Waals surface area contributed by atoms with Crippen molar-refractivity contribution in [3.8, 4) is 50.6 Å². The van der Waals surface area contributed by atoms with Crippen LogP contribution in [0.4, 0.5) is 0 Å². The quantitative estimate of drug-likeness (QED) is 0.173. The predicted octanol–water partition coefficient (Wildman–Crippen LogP) is 15.9. The normalized spacial score (nSPS) is 15.5. The van der Waals surface area contributed by atoms with E-state index in [1.54, 1.807) is 0 Å². The Morgan fingerprint density at radius 2 is 1.17 bits per heavy atom. The summed E-state index contributed by atoms with van der Waals surface area (Å²) < 4.78 is 15.7. The minimum Gasteiger partial charge on any atom is -0.456 e. The molecule has 0 bridgehead atoms. The summed E-state index contributed by atoms with van der Waals surface area (Å²) in [5.41, 5.74) is 16.9. The smallest absolute Gasteiger partial charge is 0.180 e. The number of hydrogen-bond donors (Lipinski definition) is 0. The van der Waals surface area contributed by atoms with E-state index in [1.807, 2.05) is 18.2 Å². The van der Waals surface area contributed by atoms with Gasteiger partial charge >= 0.3 is 0 Å². The van der Waals surface area contributed by atoms with Crippen LogP contribution in [0.2, 0.25) is 0 Å². The third kappa shape index (κ3) is 5.59. The van der Waals surface area contributed by atoms with Gasteiger partial charge in [-0.15, -0.1) is 0 Å². The lowest BCUT2D eigenvalue weighted by Crippen LogP contribution is -2.13. The van der Waals surface area contributed by atoms with Gasteiger partial charge in [0.25, 0.3) is 0 Å². The number of furan rings is 2. The van der Waals surface area contributed by atoms with Gasteiger partial charge in [-0.1, -0.05) is 146 Å². The van der Waals surface area contributed by atoms with Gasteiger partial charge in [0.15, 0.2) is 11.4 Å². The van der Waals surface area contributed by atoms with Gasteiger partial charge in [0.1, 0.15) is 28.0 Å². The van der Waals surface area contributed by atoms with Gasteiger partial charge in [-0.3, -0.25) is 0 Å². The Hall–Kier alpha value is -8.54. The van der Waals surface area contributed by atoms with Crippen LogP contribution in [0.3, 0.4) is 0 Å². The molecule has 0 saturated carbocycles. The monoisotopic (exact) mass is 831 g/mol. The van der Waals surface area contributed by atoms with Crippen molar-refractivity contribution in [2.24, 2.45) is 5.92 Å². The summed E-state index contributed by atoms with van der Waals surface area (Å²) in [5, 5.41) is 5.36. The summed E-state index contributed by atoms with van der Waals surface area (Å²) in [6, 6.07) is 62.4. The molecule has 0 fully saturated rings. The van der Waals surface area contributed by atoms with Gasteiger partial charge in [0.2, 0.25) is 0 Å². The lowest BCUT2D eigenvalue weighted by Gasteiger charge is -2.27. The van der Waals surface area contributed by atoms with Crippen molar-refractivity contribution in [3.05, 3.63) is 217 Å². The maximum atomic E-state index is 6.76. The first-order valence-electron chi connectivity index (χ1n) is 22.2. The molecule has 4 aromatic heterocycles. The van der Waals surface area contributed by atoms with Crippen LogP contribution in [0.1, 0.15) is 17.0 Å². The van der Waals surface area contributed by atoms with E-state index in [0.717, 1.165) is 83.2 Å². The zero-order chi connectivity index (χ0) is 42.6. The van der Waals surface area contributed by atoms with Crippen molar-refractivity contribution in [2.45, 2.75) is 5.92 Å². The van der Waals surface area contributed by atoms with E-state index < -0.39 is 0 Å². The second-order valence-electron chi connectivity index (χ2n) is 17.2. The Morgan fingerprint density at radius 3 is 2.05 bits per heavy atom. The molecule has 2 atom stereocenters. The van der Waals surface area contributed by atoms with Gasteiger partial charge in [0.05, 0.1) is 11.0 Å². The average molecular weight is 832 g/mol. The number of nitrogens with zero attached hydrogens (tertiary/aromatic N) is 3. The minimum absolute atomic E-state index is 0.311. The van der Waals surface area contributed by atoms with E-state index in [1.165, 1.54) is 32.9 Å². The van der Waals surface area contributed by atoms with Crippen LogP contribution in [-0.4, -0.2) is 14.5 Å². The summed E-state index contributed by atoms with van der Waals surface area (Å²) >= 11 is 0. The number of fused-ring (bicyclic) bond motifs is 12. The Kier molecular flexibility index (Phi) is 7.74. The standard InChI is InChI=1S/C60H37N3O2/c1-3-12-36(13-4-1)38-26-31-54-50(35-38)58-59(65-54)57(42-24-28-45-41(32-42)23-22-37-14-7-8-17-44(37)45)61-60(62-58)47-19-11-21-55-56(47)49-34-40(27-30-53(49)64-55)39-25-29-52-48(33-39)46-18-9-10-20-51(46)63(52)43-15-5-2-6-16-43/h1-35,37,44H. The van der Waals surface area contributed by atoms with Crippen LogP contribution in [0.15, 0.2) is 215 Å². The van der Waals surface area contributed by atoms with E-state index in [9.17, 15) is 0 Å². The van der Waals surface area contributed by atoms with Crippen LogP contribution >= 0.6 is 0 Å². The molecule has 0 spiro atoms. The van der Waals surface area contributed by atoms with Crippen molar-refractivity contribution in [1.82, 2.24) is 14.5 Å². The van der Waals surface area contributed by atoms with Crippen LogP contribution in [0.5, 0.6) is 0 Å². The summed E-state index contributed by atoms with van der Waals surface area (Å²) in [4.78, 5) is 10.9. The third-order valence-corrected chi connectivity index (χ3v) is 13.6. The summed E-state index contributed by atoms with van der Waals surface area (Å²) in [7, 11) is 0. The second-order valence-corrected chi connectivity index (χ2v) is 17.2. The van der Waals surface area contributed by atoms with E-state index in [2.05, 4.69) is 199 Å². The molecule has 0 N–H and O–H groups in total. The first-order chi connectivity index (χ1) is 32.2. The first kappa shape index (κ1) is 36.0. The van der Waals surface area contributed by atoms with Crippen molar-refractivity contribution < 1.29 is 8.83 Å².